The monoisotopic (exact) mass is 314 g/mol. The Morgan fingerprint density at radius 1 is 1.10 bits per heavy atom. The van der Waals surface area contributed by atoms with Crippen molar-refractivity contribution in [1.82, 2.24) is 5.32 Å². The van der Waals surface area contributed by atoms with Gasteiger partial charge in [0.15, 0.2) is 0 Å². The van der Waals surface area contributed by atoms with Crippen LogP contribution in [-0.2, 0) is 4.79 Å². The van der Waals surface area contributed by atoms with E-state index >= 15 is 0 Å². The van der Waals surface area contributed by atoms with Crippen LogP contribution in [0.2, 0.25) is 0 Å². The van der Waals surface area contributed by atoms with Crippen LogP contribution in [0.4, 0.5) is 13.2 Å². The number of alkyl halides is 3. The summed E-state index contributed by atoms with van der Waals surface area (Å²) < 4.78 is 38.0. The van der Waals surface area contributed by atoms with Gasteiger partial charge in [-0.3, -0.25) is 4.79 Å². The molecule has 2 saturated carbocycles. The Morgan fingerprint density at radius 3 is 2.35 bits per heavy atom. The number of nitrogens with one attached hydrogen (secondary N) is 1. The first kappa shape index (κ1) is 17.6. The molecule has 7 heteroatoms. The second kappa shape index (κ2) is 6.98. The molecule has 0 radical (unpaired) electrons. The Bertz CT molecular complexity index is 338. The highest BCUT2D eigenvalue weighted by molar-refractivity contribution is 5.85. The molecule has 1 amide bonds. The molecule has 4 unspecified atom stereocenters. The summed E-state index contributed by atoms with van der Waals surface area (Å²) in [7, 11) is 0. The lowest BCUT2D eigenvalue weighted by molar-refractivity contribution is -0.184. The summed E-state index contributed by atoms with van der Waals surface area (Å²) in [6.45, 7) is 0. The third kappa shape index (κ3) is 4.52. The number of nitrogens with two attached hydrogens (primary N) is 1. The van der Waals surface area contributed by atoms with E-state index in [2.05, 4.69) is 5.32 Å². The molecule has 0 spiro atoms. The van der Waals surface area contributed by atoms with E-state index in [0.717, 1.165) is 12.8 Å². The zero-order valence-electron chi connectivity index (χ0n) is 11.3. The molecule has 0 aromatic rings. The molecule has 3 N–H and O–H groups in total. The molecule has 2 fully saturated rings. The predicted octanol–water partition coefficient (Wildman–Crippen LogP) is 2.77. The Labute approximate surface area is 123 Å². The Hall–Kier alpha value is -0.490. The Morgan fingerprint density at radius 2 is 1.80 bits per heavy atom. The predicted molar refractivity (Wildman–Crippen MR) is 72.5 cm³/mol. The van der Waals surface area contributed by atoms with Crippen molar-refractivity contribution in [1.29, 1.82) is 0 Å². The maximum atomic E-state index is 12.7. The first-order valence-corrected chi connectivity index (χ1v) is 6.99. The molecule has 0 aliphatic heterocycles. The maximum absolute atomic E-state index is 12.7. The fourth-order valence-corrected chi connectivity index (χ4v) is 3.19. The Balaban J connectivity index is 0.00000200. The van der Waals surface area contributed by atoms with E-state index in [4.69, 9.17) is 5.73 Å². The van der Waals surface area contributed by atoms with Crippen LogP contribution in [0.1, 0.15) is 44.9 Å². The number of hydrogen-bond acceptors (Lipinski definition) is 2. The van der Waals surface area contributed by atoms with Crippen molar-refractivity contribution in [3.8, 4) is 0 Å². The molecule has 0 aromatic carbocycles. The lowest BCUT2D eigenvalue weighted by atomic mass is 9.85. The van der Waals surface area contributed by atoms with Crippen LogP contribution in [0.3, 0.4) is 0 Å². The largest absolute Gasteiger partial charge is 0.391 e. The van der Waals surface area contributed by atoms with E-state index in [1.807, 2.05) is 0 Å². The van der Waals surface area contributed by atoms with E-state index in [9.17, 15) is 18.0 Å². The van der Waals surface area contributed by atoms with Crippen LogP contribution < -0.4 is 11.1 Å². The van der Waals surface area contributed by atoms with Crippen LogP contribution in [0.25, 0.3) is 0 Å². The summed E-state index contributed by atoms with van der Waals surface area (Å²) in [5, 5.41) is 2.79. The number of carbonyl (C=O) groups excluding carboxylic acids is 1. The van der Waals surface area contributed by atoms with Crippen LogP contribution in [0, 0.1) is 11.8 Å². The summed E-state index contributed by atoms with van der Waals surface area (Å²) in [5.41, 5.74) is 5.75. The number of halogens is 4. The fourth-order valence-electron chi connectivity index (χ4n) is 3.19. The van der Waals surface area contributed by atoms with Gasteiger partial charge in [0.1, 0.15) is 0 Å². The van der Waals surface area contributed by atoms with Crippen LogP contribution in [0.5, 0.6) is 0 Å². The van der Waals surface area contributed by atoms with Gasteiger partial charge >= 0.3 is 6.18 Å². The molecule has 3 nitrogen and oxygen atoms in total. The highest BCUT2D eigenvalue weighted by atomic mass is 35.5. The topological polar surface area (TPSA) is 55.1 Å². The zero-order valence-corrected chi connectivity index (χ0v) is 12.1. The molecule has 4 atom stereocenters. The molecule has 2 aliphatic rings. The molecular formula is C13H22ClF3N2O. The summed E-state index contributed by atoms with van der Waals surface area (Å²) >= 11 is 0. The van der Waals surface area contributed by atoms with Crippen molar-refractivity contribution in [2.45, 2.75) is 63.2 Å². The van der Waals surface area contributed by atoms with Gasteiger partial charge in [-0.1, -0.05) is 6.42 Å². The molecular weight excluding hydrogens is 293 g/mol. The first-order valence-electron chi connectivity index (χ1n) is 6.99. The van der Waals surface area contributed by atoms with Crippen molar-refractivity contribution >= 4 is 18.3 Å². The molecule has 2 rings (SSSR count). The lowest BCUT2D eigenvalue weighted by Crippen LogP contribution is -2.43. The van der Waals surface area contributed by atoms with Crippen LogP contribution in [0.15, 0.2) is 0 Å². The number of amides is 1. The second-order valence-electron chi connectivity index (χ2n) is 5.88. The first-order chi connectivity index (χ1) is 8.86. The summed E-state index contributed by atoms with van der Waals surface area (Å²) in [6, 6.07) is -0.269. The summed E-state index contributed by atoms with van der Waals surface area (Å²) in [4.78, 5) is 12.0. The average molecular weight is 315 g/mol. The minimum Gasteiger partial charge on any atom is -0.353 e. The van der Waals surface area contributed by atoms with E-state index in [-0.39, 0.29) is 49.2 Å². The number of carbonyl (C=O) groups is 1. The SMILES string of the molecule is Cl.NC1CCC(C(=O)NC2CCCC(C(F)(F)F)C2)C1. The molecule has 20 heavy (non-hydrogen) atoms. The van der Waals surface area contributed by atoms with Crippen molar-refractivity contribution in [2.75, 3.05) is 0 Å². The lowest BCUT2D eigenvalue weighted by Gasteiger charge is -2.31. The minimum atomic E-state index is -4.14. The molecule has 0 heterocycles. The fraction of sp³-hybridized carbons (Fsp3) is 0.923. The van der Waals surface area contributed by atoms with Gasteiger partial charge < -0.3 is 11.1 Å². The molecule has 118 valence electrons. The highest BCUT2D eigenvalue weighted by Gasteiger charge is 2.42. The van der Waals surface area contributed by atoms with Crippen molar-refractivity contribution in [2.24, 2.45) is 17.6 Å². The average Bonchev–Trinajstić information content (AvgIpc) is 2.75. The zero-order chi connectivity index (χ0) is 14.0. The Kier molecular flexibility index (Phi) is 6.13. The van der Waals surface area contributed by atoms with Gasteiger partial charge in [0.2, 0.25) is 5.91 Å². The van der Waals surface area contributed by atoms with Crippen molar-refractivity contribution < 1.29 is 18.0 Å². The highest BCUT2D eigenvalue weighted by Crippen LogP contribution is 2.37. The van der Waals surface area contributed by atoms with Gasteiger partial charge in [0, 0.05) is 18.0 Å². The van der Waals surface area contributed by atoms with E-state index in [0.29, 0.717) is 19.3 Å². The van der Waals surface area contributed by atoms with Gasteiger partial charge in [-0.15, -0.1) is 12.4 Å². The van der Waals surface area contributed by atoms with Gasteiger partial charge in [-0.05, 0) is 38.5 Å². The summed E-state index contributed by atoms with van der Waals surface area (Å²) in [6.07, 6.45) is -0.523. The van der Waals surface area contributed by atoms with Crippen LogP contribution >= 0.6 is 12.4 Å². The quantitative estimate of drug-likeness (QED) is 0.823. The van der Waals surface area contributed by atoms with E-state index in [1.165, 1.54) is 0 Å². The van der Waals surface area contributed by atoms with E-state index in [1.54, 1.807) is 0 Å². The third-order valence-corrected chi connectivity index (χ3v) is 4.33. The standard InChI is InChI=1S/C13H21F3N2O.ClH/c14-13(15,16)9-2-1-3-11(7-9)18-12(19)8-4-5-10(17)6-8;/h8-11H,1-7,17H2,(H,18,19);1H. The number of rotatable bonds is 2. The van der Waals surface area contributed by atoms with Crippen molar-refractivity contribution in [3.05, 3.63) is 0 Å². The third-order valence-electron chi connectivity index (χ3n) is 4.33. The molecule has 0 bridgehead atoms. The van der Waals surface area contributed by atoms with Crippen molar-refractivity contribution in [3.63, 3.8) is 0 Å². The molecule has 2 aliphatic carbocycles. The molecule has 0 aromatic heterocycles. The summed E-state index contributed by atoms with van der Waals surface area (Å²) in [5.74, 6) is -1.49. The smallest absolute Gasteiger partial charge is 0.353 e. The normalized spacial score (nSPS) is 34.4. The van der Waals surface area contributed by atoms with Gasteiger partial charge in [-0.2, -0.15) is 13.2 Å². The molecule has 0 saturated heterocycles. The van der Waals surface area contributed by atoms with Gasteiger partial charge in [0.25, 0.3) is 0 Å². The maximum Gasteiger partial charge on any atom is 0.391 e. The van der Waals surface area contributed by atoms with Crippen LogP contribution in [-0.4, -0.2) is 24.2 Å². The van der Waals surface area contributed by atoms with Gasteiger partial charge in [-0.25, -0.2) is 0 Å². The minimum absolute atomic E-state index is 0. The second-order valence-corrected chi connectivity index (χ2v) is 5.88. The van der Waals surface area contributed by atoms with Gasteiger partial charge in [0.05, 0.1) is 5.92 Å². The van der Waals surface area contributed by atoms with E-state index < -0.39 is 12.1 Å². The number of hydrogen-bond donors (Lipinski definition) is 2.